The van der Waals surface area contributed by atoms with Crippen molar-refractivity contribution in [3.8, 4) is 6.07 Å². The van der Waals surface area contributed by atoms with Crippen LogP contribution in [-0.2, 0) is 14.4 Å². The minimum absolute atomic E-state index is 0.133. The van der Waals surface area contributed by atoms with Gasteiger partial charge < -0.3 is 4.90 Å². The molecule has 0 aromatic rings. The fourth-order valence-corrected chi connectivity index (χ4v) is 2.77. The number of allylic oxidation sites excluding steroid dienone is 2. The fraction of sp³-hybridized carbons (Fsp3) is 0.529. The number of carbonyl (C=O) groups excluding carboxylic acids is 3. The quantitative estimate of drug-likeness (QED) is 0.419. The minimum atomic E-state index is -0.576. The van der Waals surface area contributed by atoms with Gasteiger partial charge >= 0.3 is 6.07 Å². The van der Waals surface area contributed by atoms with Gasteiger partial charge in [-0.1, -0.05) is 10.9 Å². The number of piperidine rings is 1. The Morgan fingerprint density at radius 3 is 2.61 bits per heavy atom. The molecule has 2 fully saturated rings. The Balaban J connectivity index is 2.26. The molecule has 0 saturated carbocycles. The second kappa shape index (κ2) is 6.78. The third-order valence-electron chi connectivity index (χ3n) is 4.04. The minimum Gasteiger partial charge on any atom is -0.322 e. The standard InChI is InChI=1S/C17H22N3O3/c1-5-13-12(8-9-18-11(2)3)10-20(16(13)22)14-6-7-15(21)19(4)17(14)23/h5,8,11,14H,6-7,10H2,1-4H3/q+1/b12-8-,13-5+. The zero-order chi connectivity index (χ0) is 17.1. The van der Waals surface area contributed by atoms with Crippen LogP contribution in [0.3, 0.4) is 0 Å². The highest BCUT2D eigenvalue weighted by atomic mass is 16.2. The molecule has 2 aliphatic heterocycles. The zero-order valence-corrected chi connectivity index (χ0v) is 14.0. The predicted molar refractivity (Wildman–Crippen MR) is 86.7 cm³/mol. The van der Waals surface area contributed by atoms with Gasteiger partial charge in [0, 0.05) is 39.4 Å². The van der Waals surface area contributed by atoms with E-state index in [2.05, 4.69) is 10.9 Å². The van der Waals surface area contributed by atoms with E-state index in [1.54, 1.807) is 24.0 Å². The lowest BCUT2D eigenvalue weighted by Crippen LogP contribution is -2.53. The Morgan fingerprint density at radius 1 is 1.30 bits per heavy atom. The summed E-state index contributed by atoms with van der Waals surface area (Å²) in [6, 6.07) is 2.41. The smallest absolute Gasteiger partial charge is 0.303 e. The van der Waals surface area contributed by atoms with Gasteiger partial charge in [0.2, 0.25) is 5.91 Å². The monoisotopic (exact) mass is 316 g/mol. The van der Waals surface area contributed by atoms with Gasteiger partial charge in [0.15, 0.2) is 0 Å². The Bertz CT molecular complexity index is 664. The summed E-state index contributed by atoms with van der Waals surface area (Å²) < 4.78 is 0. The van der Waals surface area contributed by atoms with E-state index in [0.717, 1.165) is 10.5 Å². The lowest BCUT2D eigenvalue weighted by Gasteiger charge is -2.33. The van der Waals surface area contributed by atoms with E-state index in [1.807, 2.05) is 13.8 Å². The molecule has 0 N–H and O–H groups in total. The van der Waals surface area contributed by atoms with Gasteiger partial charge in [0.25, 0.3) is 17.9 Å². The number of hydrogen-bond donors (Lipinski definition) is 0. The largest absolute Gasteiger partial charge is 0.322 e. The number of rotatable bonds is 1. The second-order valence-electron chi connectivity index (χ2n) is 6.00. The molecular formula is C17H22N3O3+. The molecule has 1 unspecified atom stereocenters. The summed E-state index contributed by atoms with van der Waals surface area (Å²) in [4.78, 5) is 43.3. The number of likely N-dealkylation sites (N-methyl/N-ethyl adjacent to an activating group) is 1. The lowest BCUT2D eigenvalue weighted by molar-refractivity contribution is -0.153. The van der Waals surface area contributed by atoms with Crippen LogP contribution in [0.15, 0.2) is 23.3 Å². The normalized spacial score (nSPS) is 25.6. The van der Waals surface area contributed by atoms with Gasteiger partial charge in [0.1, 0.15) is 6.04 Å². The summed E-state index contributed by atoms with van der Waals surface area (Å²) in [7, 11) is 1.47. The number of imide groups is 1. The van der Waals surface area contributed by atoms with Gasteiger partial charge in [-0.05, 0) is 18.9 Å². The molecule has 0 bridgehead atoms. The first-order valence-corrected chi connectivity index (χ1v) is 7.79. The van der Waals surface area contributed by atoms with Crippen molar-refractivity contribution in [2.75, 3.05) is 13.6 Å². The van der Waals surface area contributed by atoms with Crippen LogP contribution in [0.25, 0.3) is 4.85 Å². The highest BCUT2D eigenvalue weighted by Crippen LogP contribution is 2.29. The third-order valence-corrected chi connectivity index (χ3v) is 4.04. The molecule has 2 heterocycles. The fourth-order valence-electron chi connectivity index (χ4n) is 2.77. The van der Waals surface area contributed by atoms with E-state index in [-0.39, 0.29) is 30.2 Å². The van der Waals surface area contributed by atoms with Gasteiger partial charge in [-0.2, -0.15) is 0 Å². The summed E-state index contributed by atoms with van der Waals surface area (Å²) in [6.45, 7) is 6.03. The molecule has 2 rings (SSSR count). The molecular weight excluding hydrogens is 294 g/mol. The van der Waals surface area contributed by atoms with Crippen molar-refractivity contribution >= 4 is 17.7 Å². The molecule has 122 valence electrons. The Morgan fingerprint density at radius 2 is 2.00 bits per heavy atom. The number of likely N-dealkylation sites (tertiary alicyclic amines) is 2. The predicted octanol–water partition coefficient (Wildman–Crippen LogP) is 1.59. The molecule has 6 heteroatoms. The number of carbonyl (C=O) groups is 3. The first-order valence-electron chi connectivity index (χ1n) is 7.79. The molecule has 1 atom stereocenters. The van der Waals surface area contributed by atoms with E-state index < -0.39 is 6.04 Å². The van der Waals surface area contributed by atoms with E-state index in [1.165, 1.54) is 7.05 Å². The Kier molecular flexibility index (Phi) is 4.99. The van der Waals surface area contributed by atoms with Crippen LogP contribution >= 0.6 is 0 Å². The molecule has 3 amide bonds. The number of hydrogen-bond acceptors (Lipinski definition) is 3. The SMILES string of the molecule is C/C=C1/C(=O)N(C2CCC(=O)N(C)C2=O)C/C1=C/C#[N+]C(C)C. The van der Waals surface area contributed by atoms with Crippen molar-refractivity contribution in [1.82, 2.24) is 9.80 Å². The Hall–Kier alpha value is -2.42. The zero-order valence-electron chi connectivity index (χ0n) is 14.0. The van der Waals surface area contributed by atoms with Crippen molar-refractivity contribution in [2.24, 2.45) is 0 Å². The maximum Gasteiger partial charge on any atom is 0.303 e. The van der Waals surface area contributed by atoms with Crippen LogP contribution in [0, 0.1) is 6.07 Å². The molecule has 23 heavy (non-hydrogen) atoms. The molecule has 0 aromatic carbocycles. The summed E-state index contributed by atoms with van der Waals surface area (Å²) in [5, 5.41) is 0. The average Bonchev–Trinajstić information content (AvgIpc) is 2.81. The van der Waals surface area contributed by atoms with Gasteiger partial charge in [0.05, 0.1) is 6.08 Å². The highest BCUT2D eigenvalue weighted by molar-refractivity contribution is 6.06. The van der Waals surface area contributed by atoms with Gasteiger partial charge in [-0.15, -0.1) is 0 Å². The van der Waals surface area contributed by atoms with Crippen LogP contribution in [0.4, 0.5) is 0 Å². The van der Waals surface area contributed by atoms with Crippen molar-refractivity contribution in [3.05, 3.63) is 28.1 Å². The number of amides is 3. The highest BCUT2D eigenvalue weighted by Gasteiger charge is 2.42. The topological polar surface area (TPSA) is 62.1 Å². The molecule has 0 aliphatic carbocycles. The summed E-state index contributed by atoms with van der Waals surface area (Å²) in [5.41, 5.74) is 1.37. The maximum atomic E-state index is 12.6. The van der Waals surface area contributed by atoms with Crippen molar-refractivity contribution in [3.63, 3.8) is 0 Å². The van der Waals surface area contributed by atoms with Gasteiger partial charge in [-0.25, -0.2) is 0 Å². The van der Waals surface area contributed by atoms with E-state index in [0.29, 0.717) is 18.5 Å². The Labute approximate surface area is 136 Å². The van der Waals surface area contributed by atoms with Crippen molar-refractivity contribution in [1.29, 1.82) is 0 Å². The van der Waals surface area contributed by atoms with Crippen LogP contribution in [-0.4, -0.2) is 53.2 Å². The first-order chi connectivity index (χ1) is 10.9. The molecule has 2 saturated heterocycles. The van der Waals surface area contributed by atoms with Crippen LogP contribution in [0.1, 0.15) is 33.6 Å². The lowest BCUT2D eigenvalue weighted by atomic mass is 10.0. The van der Waals surface area contributed by atoms with Crippen molar-refractivity contribution < 1.29 is 14.4 Å². The first kappa shape index (κ1) is 16.9. The van der Waals surface area contributed by atoms with Gasteiger partial charge in [-0.3, -0.25) is 19.3 Å². The molecule has 0 spiro atoms. The summed E-state index contributed by atoms with van der Waals surface area (Å²) >= 11 is 0. The number of nitrogens with zero attached hydrogens (tertiary/aromatic N) is 3. The molecule has 2 aliphatic rings. The van der Waals surface area contributed by atoms with Crippen LogP contribution in [0.5, 0.6) is 0 Å². The van der Waals surface area contributed by atoms with Crippen LogP contribution in [0.2, 0.25) is 0 Å². The summed E-state index contributed by atoms with van der Waals surface area (Å²) in [6.07, 6.45) is 4.10. The maximum absolute atomic E-state index is 12.6. The molecule has 0 radical (unpaired) electrons. The van der Waals surface area contributed by atoms with E-state index >= 15 is 0 Å². The molecule has 0 aromatic heterocycles. The van der Waals surface area contributed by atoms with E-state index in [4.69, 9.17) is 0 Å². The van der Waals surface area contributed by atoms with E-state index in [9.17, 15) is 14.4 Å². The second-order valence-corrected chi connectivity index (χ2v) is 6.00. The van der Waals surface area contributed by atoms with Crippen molar-refractivity contribution in [2.45, 2.75) is 45.7 Å². The summed E-state index contributed by atoms with van der Waals surface area (Å²) in [5.74, 6) is -0.686. The van der Waals surface area contributed by atoms with Crippen LogP contribution < -0.4 is 0 Å². The molecule has 6 nitrogen and oxygen atoms in total. The third kappa shape index (κ3) is 3.34. The average molecular weight is 316 g/mol.